The number of pyridine rings is 1. The van der Waals surface area contributed by atoms with Gasteiger partial charge in [0.1, 0.15) is 23.7 Å². The first-order valence-electron chi connectivity index (χ1n) is 13.3. The number of aliphatic carboxylic acids is 1. The van der Waals surface area contributed by atoms with E-state index in [1.165, 1.54) is 13.2 Å². The number of amidine groups is 1. The molecule has 1 aliphatic heterocycles. The van der Waals surface area contributed by atoms with E-state index in [4.69, 9.17) is 30.5 Å². The van der Waals surface area contributed by atoms with Gasteiger partial charge in [0.05, 0.1) is 7.11 Å². The van der Waals surface area contributed by atoms with Crippen molar-refractivity contribution in [3.63, 3.8) is 0 Å². The zero-order valence-electron chi connectivity index (χ0n) is 23.9. The number of aromatic amines is 1. The van der Waals surface area contributed by atoms with Gasteiger partial charge in [-0.05, 0) is 55.9 Å². The van der Waals surface area contributed by atoms with Gasteiger partial charge in [0.25, 0.3) is 5.97 Å². The smallest absolute Gasteiger partial charge is 0.349 e. The number of nitrogen functional groups attached to an aromatic ring is 1. The average molecular weight is 593 g/mol. The Bertz CT molecular complexity index is 1620. The molecule has 14 heteroatoms. The van der Waals surface area contributed by atoms with Crippen LogP contribution in [0.3, 0.4) is 0 Å². The Kier molecular flexibility index (Phi) is 9.72. The Morgan fingerprint density at radius 1 is 1.26 bits per heavy atom. The van der Waals surface area contributed by atoms with Gasteiger partial charge in [0.2, 0.25) is 0 Å². The van der Waals surface area contributed by atoms with Crippen molar-refractivity contribution in [3.05, 3.63) is 94.0 Å². The Balaban J connectivity index is 0.000000996. The number of nitrogens with zero attached hydrogens (tertiary/aromatic N) is 4. The number of hydrogen-bond acceptors (Lipinski definition) is 9. The fourth-order valence-corrected chi connectivity index (χ4v) is 4.49. The highest BCUT2D eigenvalue weighted by atomic mass is 19.1. The highest BCUT2D eigenvalue weighted by Crippen LogP contribution is 2.36. The van der Waals surface area contributed by atoms with E-state index in [1.54, 1.807) is 54.7 Å². The number of H-pyrrole nitrogens is 1. The number of likely N-dealkylation sites (N-methyl/N-ethyl adjacent to an activating group) is 1. The van der Waals surface area contributed by atoms with Crippen LogP contribution in [0.5, 0.6) is 11.5 Å². The molecule has 2 aromatic heterocycles. The molecule has 0 radical (unpaired) electrons. The lowest BCUT2D eigenvalue weighted by molar-refractivity contribution is -0.134. The molecule has 1 fully saturated rings. The fourth-order valence-electron chi connectivity index (χ4n) is 4.49. The van der Waals surface area contributed by atoms with Crippen molar-refractivity contribution in [2.24, 2.45) is 5.73 Å². The third-order valence-electron chi connectivity index (χ3n) is 6.51. The normalized spacial score (nSPS) is 15.2. The summed E-state index contributed by atoms with van der Waals surface area (Å²) in [5, 5.41) is 22.8. The molecule has 2 atom stereocenters. The van der Waals surface area contributed by atoms with Gasteiger partial charge < -0.3 is 30.5 Å². The second-order valence-electron chi connectivity index (χ2n) is 9.82. The van der Waals surface area contributed by atoms with E-state index in [9.17, 15) is 4.79 Å². The lowest BCUT2D eigenvalue weighted by atomic mass is 10.0. The molecule has 6 N–H and O–H groups in total. The van der Waals surface area contributed by atoms with Crippen LogP contribution in [0.25, 0.3) is 5.82 Å². The van der Waals surface area contributed by atoms with Crippen molar-refractivity contribution in [3.8, 4) is 17.3 Å². The van der Waals surface area contributed by atoms with Crippen molar-refractivity contribution in [1.82, 2.24) is 24.6 Å². The fraction of sp³-hybridized carbons (Fsp3) is 0.276. The summed E-state index contributed by atoms with van der Waals surface area (Å²) < 4.78 is 28.8. The summed E-state index contributed by atoms with van der Waals surface area (Å²) in [6, 6.07) is 14.0. The molecule has 13 nitrogen and oxygen atoms in total. The van der Waals surface area contributed by atoms with Gasteiger partial charge in [-0.25, -0.2) is 14.2 Å². The van der Waals surface area contributed by atoms with Gasteiger partial charge in [-0.1, -0.05) is 6.07 Å². The predicted octanol–water partition coefficient (Wildman–Crippen LogP) is 2.76. The molecule has 43 heavy (non-hydrogen) atoms. The van der Waals surface area contributed by atoms with Gasteiger partial charge in [-0.15, -0.1) is 5.10 Å². The summed E-state index contributed by atoms with van der Waals surface area (Å²) in [5.41, 5.74) is 6.34. The summed E-state index contributed by atoms with van der Waals surface area (Å²) in [7, 11) is 3.48. The molecule has 4 aromatic rings. The number of benzene rings is 2. The van der Waals surface area contributed by atoms with Crippen LogP contribution in [0.4, 0.5) is 10.1 Å². The van der Waals surface area contributed by atoms with E-state index in [2.05, 4.69) is 25.3 Å². The largest absolute Gasteiger partial charge is 0.497 e. The first kappa shape index (κ1) is 30.7. The van der Waals surface area contributed by atoms with Gasteiger partial charge in [0, 0.05) is 49.1 Å². The highest BCUT2D eigenvalue weighted by molar-refractivity contribution is 5.95. The van der Waals surface area contributed by atoms with Gasteiger partial charge in [-0.3, -0.25) is 15.2 Å². The molecule has 0 bridgehead atoms. The topological polar surface area (TPSA) is 184 Å². The first-order valence-corrected chi connectivity index (χ1v) is 13.3. The van der Waals surface area contributed by atoms with Crippen LogP contribution < -0.4 is 26.2 Å². The maximum atomic E-state index is 16.2. The van der Waals surface area contributed by atoms with Crippen LogP contribution >= 0.6 is 0 Å². The highest BCUT2D eigenvalue weighted by Gasteiger charge is 2.29. The van der Waals surface area contributed by atoms with E-state index in [-0.39, 0.29) is 29.1 Å². The zero-order chi connectivity index (χ0) is 31.1. The molecular formula is C29H33FN8O5. The number of rotatable bonds is 9. The number of carboxylic acids is 1. The quantitative estimate of drug-likeness (QED) is 0.143. The van der Waals surface area contributed by atoms with Crippen molar-refractivity contribution in [2.75, 3.05) is 32.6 Å². The van der Waals surface area contributed by atoms with Crippen molar-refractivity contribution in [2.45, 2.75) is 25.5 Å². The number of carbonyl (C=O) groups is 1. The molecule has 1 saturated heterocycles. The van der Waals surface area contributed by atoms with E-state index < -0.39 is 23.5 Å². The van der Waals surface area contributed by atoms with Gasteiger partial charge in [0.15, 0.2) is 23.2 Å². The van der Waals surface area contributed by atoms with Crippen molar-refractivity contribution >= 4 is 17.5 Å². The summed E-state index contributed by atoms with van der Waals surface area (Å²) in [6.45, 7) is 2.62. The Morgan fingerprint density at radius 3 is 2.56 bits per heavy atom. The lowest BCUT2D eigenvalue weighted by Gasteiger charge is -2.22. The summed E-state index contributed by atoms with van der Waals surface area (Å²) >= 11 is 0. The first-order chi connectivity index (χ1) is 20.5. The number of methoxy groups -OCH3 is 1. The zero-order valence-corrected chi connectivity index (χ0v) is 23.9. The minimum atomic E-state index is -0.949. The van der Waals surface area contributed by atoms with Crippen molar-refractivity contribution < 1.29 is 23.8 Å². The predicted molar refractivity (Wildman–Crippen MR) is 158 cm³/mol. The molecular weight excluding hydrogens is 559 g/mol. The summed E-state index contributed by atoms with van der Waals surface area (Å²) in [4.78, 5) is 30.9. The standard InChI is InChI=1S/C27H29FN8O3.C2H4O2/c1-35-12-10-18(15-35)39-21-14-19(38-2)13-20(23(21)28)24(32-17-8-6-16(7-9-17)25(29)30)26-33-27(37)36(34-26)22-5-3-4-11-31-22;1-2(3)4/h3-9,11,13-14,18,24,32H,10,12,15H2,1-2H3,(H3,29,30)(H,33,34,37);1H3,(H,3,4). The second kappa shape index (κ2) is 13.6. The SMILES string of the molecule is CC(=O)O.COc1cc(OC2CCN(C)C2)c(F)c(C(Nc2ccc(C(=N)N)cc2)c2nn(-c3ccccn3)c(=O)[nH]2)c1. The van der Waals surface area contributed by atoms with E-state index >= 15 is 4.39 Å². The molecule has 0 spiro atoms. The van der Waals surface area contributed by atoms with Crippen LogP contribution in [-0.4, -0.2) is 74.9 Å². The maximum Gasteiger partial charge on any atom is 0.349 e. The number of anilines is 1. The minimum absolute atomic E-state index is 0.0508. The summed E-state index contributed by atoms with van der Waals surface area (Å²) in [6.07, 6.45) is 2.15. The Morgan fingerprint density at radius 2 is 1.98 bits per heavy atom. The average Bonchev–Trinajstić information content (AvgIpc) is 3.58. The third-order valence-corrected chi connectivity index (χ3v) is 6.51. The van der Waals surface area contributed by atoms with Gasteiger partial charge in [-0.2, -0.15) is 4.68 Å². The van der Waals surface area contributed by atoms with Gasteiger partial charge >= 0.3 is 5.69 Å². The van der Waals surface area contributed by atoms with Crippen LogP contribution in [0.1, 0.15) is 36.3 Å². The molecule has 3 heterocycles. The molecule has 0 aliphatic carbocycles. The number of aromatic nitrogens is 4. The number of halogens is 1. The molecule has 0 saturated carbocycles. The van der Waals surface area contributed by atoms with Crippen LogP contribution in [-0.2, 0) is 4.79 Å². The third kappa shape index (κ3) is 7.74. The lowest BCUT2D eigenvalue weighted by Crippen LogP contribution is -2.23. The number of likely N-dealkylation sites (tertiary alicyclic amines) is 1. The molecule has 2 unspecified atom stereocenters. The van der Waals surface area contributed by atoms with Crippen molar-refractivity contribution in [1.29, 1.82) is 5.41 Å². The van der Waals surface area contributed by atoms with E-state index in [0.29, 0.717) is 29.4 Å². The summed E-state index contributed by atoms with van der Waals surface area (Å²) in [5.74, 6) is -0.603. The van der Waals surface area contributed by atoms with Crippen LogP contribution in [0.2, 0.25) is 0 Å². The van der Waals surface area contributed by atoms with Crippen LogP contribution in [0, 0.1) is 11.2 Å². The number of hydrogen-bond donors (Lipinski definition) is 5. The molecule has 0 amide bonds. The van der Waals surface area contributed by atoms with E-state index in [0.717, 1.165) is 24.6 Å². The maximum absolute atomic E-state index is 16.2. The molecule has 226 valence electrons. The number of ether oxygens (including phenoxy) is 2. The Labute approximate surface area is 246 Å². The Hall–Kier alpha value is -5.24. The second-order valence-corrected chi connectivity index (χ2v) is 9.82. The number of nitrogens with one attached hydrogen (secondary N) is 3. The number of nitrogens with two attached hydrogens (primary N) is 1. The monoisotopic (exact) mass is 592 g/mol. The van der Waals surface area contributed by atoms with E-state index in [1.807, 2.05) is 7.05 Å². The molecule has 1 aliphatic rings. The molecule has 5 rings (SSSR count). The minimum Gasteiger partial charge on any atom is -0.497 e. The van der Waals surface area contributed by atoms with Crippen LogP contribution in [0.15, 0.2) is 65.6 Å². The number of carboxylic acid groups (broad SMARTS) is 1. The molecule has 2 aromatic carbocycles.